The van der Waals surface area contributed by atoms with Crippen molar-refractivity contribution in [1.29, 1.82) is 5.26 Å². The third-order valence-corrected chi connectivity index (χ3v) is 4.99. The van der Waals surface area contributed by atoms with Gasteiger partial charge in [-0.25, -0.2) is 0 Å². The van der Waals surface area contributed by atoms with Crippen LogP contribution in [0, 0.1) is 11.3 Å². The van der Waals surface area contributed by atoms with Gasteiger partial charge in [0.2, 0.25) is 5.91 Å². The smallest absolute Gasteiger partial charge is 0.241 e. The van der Waals surface area contributed by atoms with Crippen LogP contribution in [0.2, 0.25) is 0 Å². The molecule has 0 fully saturated rings. The Labute approximate surface area is 176 Å². The van der Waals surface area contributed by atoms with Crippen LogP contribution < -0.4 is 5.32 Å². The molecule has 0 aliphatic rings. The molecule has 5 heteroatoms. The lowest BCUT2D eigenvalue weighted by Gasteiger charge is -2.24. The molecule has 0 saturated carbocycles. The normalized spacial score (nSPS) is 11.5. The second kappa shape index (κ2) is 9.64. The van der Waals surface area contributed by atoms with Gasteiger partial charge >= 0.3 is 0 Å². The first-order valence-corrected chi connectivity index (χ1v) is 9.68. The van der Waals surface area contributed by atoms with Gasteiger partial charge in [-0.15, -0.1) is 0 Å². The SMILES string of the molecule is CC(C(=O)Nc1ccccc1C(=O)c1ccccc1)N(C)Cc1cccc(C#N)c1. The Morgan fingerprint density at radius 3 is 2.43 bits per heavy atom. The van der Waals surface area contributed by atoms with Crippen molar-refractivity contribution in [3.8, 4) is 6.07 Å². The number of hydrogen-bond acceptors (Lipinski definition) is 4. The molecule has 3 aromatic carbocycles. The second-order valence-electron chi connectivity index (χ2n) is 7.13. The van der Waals surface area contributed by atoms with Gasteiger partial charge in [0.25, 0.3) is 0 Å². The molecule has 5 nitrogen and oxygen atoms in total. The van der Waals surface area contributed by atoms with E-state index in [1.807, 2.05) is 55.3 Å². The first-order valence-electron chi connectivity index (χ1n) is 9.68. The topological polar surface area (TPSA) is 73.2 Å². The molecule has 0 aliphatic heterocycles. The fourth-order valence-electron chi connectivity index (χ4n) is 3.14. The minimum atomic E-state index is -0.435. The molecular formula is C25H23N3O2. The molecule has 150 valence electrons. The number of carbonyl (C=O) groups is 2. The average molecular weight is 397 g/mol. The first kappa shape index (κ1) is 21.0. The summed E-state index contributed by atoms with van der Waals surface area (Å²) >= 11 is 0. The van der Waals surface area contributed by atoms with E-state index < -0.39 is 6.04 Å². The van der Waals surface area contributed by atoms with Crippen LogP contribution in [0.25, 0.3) is 0 Å². The molecule has 1 unspecified atom stereocenters. The number of benzene rings is 3. The largest absolute Gasteiger partial charge is 0.324 e. The highest BCUT2D eigenvalue weighted by Gasteiger charge is 2.21. The zero-order valence-corrected chi connectivity index (χ0v) is 17.0. The number of nitrogens with one attached hydrogen (secondary N) is 1. The maximum Gasteiger partial charge on any atom is 0.241 e. The van der Waals surface area contributed by atoms with E-state index in [9.17, 15) is 9.59 Å². The van der Waals surface area contributed by atoms with Gasteiger partial charge < -0.3 is 5.32 Å². The van der Waals surface area contributed by atoms with Crippen LogP contribution in [-0.4, -0.2) is 29.7 Å². The van der Waals surface area contributed by atoms with E-state index in [1.165, 1.54) is 0 Å². The number of nitrogens with zero attached hydrogens (tertiary/aromatic N) is 2. The van der Waals surface area contributed by atoms with E-state index in [2.05, 4.69) is 11.4 Å². The van der Waals surface area contributed by atoms with E-state index in [1.54, 1.807) is 42.5 Å². The van der Waals surface area contributed by atoms with Crippen LogP contribution in [-0.2, 0) is 11.3 Å². The van der Waals surface area contributed by atoms with E-state index in [0.29, 0.717) is 28.9 Å². The van der Waals surface area contributed by atoms with Gasteiger partial charge in [0.15, 0.2) is 5.78 Å². The van der Waals surface area contributed by atoms with Crippen molar-refractivity contribution in [3.63, 3.8) is 0 Å². The number of amides is 1. The van der Waals surface area contributed by atoms with Gasteiger partial charge in [0.1, 0.15) is 0 Å². The number of carbonyl (C=O) groups excluding carboxylic acids is 2. The highest BCUT2D eigenvalue weighted by atomic mass is 16.2. The summed E-state index contributed by atoms with van der Waals surface area (Å²) in [4.78, 5) is 27.6. The fourth-order valence-corrected chi connectivity index (χ4v) is 3.14. The Morgan fingerprint density at radius 1 is 1.00 bits per heavy atom. The first-order chi connectivity index (χ1) is 14.5. The summed E-state index contributed by atoms with van der Waals surface area (Å²) in [5, 5.41) is 12.0. The molecule has 1 N–H and O–H groups in total. The zero-order valence-electron chi connectivity index (χ0n) is 17.0. The Hall–Kier alpha value is -3.75. The summed E-state index contributed by atoms with van der Waals surface area (Å²) in [6.45, 7) is 2.33. The number of nitriles is 1. The summed E-state index contributed by atoms with van der Waals surface area (Å²) < 4.78 is 0. The van der Waals surface area contributed by atoms with Gasteiger partial charge in [-0.3, -0.25) is 14.5 Å². The third-order valence-electron chi connectivity index (χ3n) is 4.99. The molecule has 0 bridgehead atoms. The van der Waals surface area contributed by atoms with Crippen molar-refractivity contribution >= 4 is 17.4 Å². The van der Waals surface area contributed by atoms with Gasteiger partial charge in [0.05, 0.1) is 23.4 Å². The van der Waals surface area contributed by atoms with Crippen molar-refractivity contribution in [1.82, 2.24) is 4.90 Å². The number of rotatable bonds is 7. The molecule has 1 amide bonds. The highest BCUT2D eigenvalue weighted by Crippen LogP contribution is 2.20. The van der Waals surface area contributed by atoms with E-state index >= 15 is 0 Å². The van der Waals surface area contributed by atoms with Crippen molar-refractivity contribution in [2.45, 2.75) is 19.5 Å². The van der Waals surface area contributed by atoms with Crippen LogP contribution in [0.3, 0.4) is 0 Å². The molecule has 0 aromatic heterocycles. The van der Waals surface area contributed by atoms with Crippen molar-refractivity contribution in [2.24, 2.45) is 0 Å². The maximum atomic E-state index is 12.9. The number of para-hydroxylation sites is 1. The van der Waals surface area contributed by atoms with Gasteiger partial charge in [-0.05, 0) is 43.8 Å². The summed E-state index contributed by atoms with van der Waals surface area (Å²) in [6.07, 6.45) is 0. The average Bonchev–Trinajstić information content (AvgIpc) is 2.79. The molecule has 1 atom stereocenters. The monoisotopic (exact) mass is 397 g/mol. The molecule has 0 spiro atoms. The van der Waals surface area contributed by atoms with Crippen LogP contribution in [0.4, 0.5) is 5.69 Å². The molecule has 30 heavy (non-hydrogen) atoms. The predicted octanol–water partition coefficient (Wildman–Crippen LogP) is 4.25. The highest BCUT2D eigenvalue weighted by molar-refractivity contribution is 6.14. The Morgan fingerprint density at radius 2 is 1.70 bits per heavy atom. The molecule has 0 radical (unpaired) electrons. The lowest BCUT2D eigenvalue weighted by Crippen LogP contribution is -2.39. The molecule has 0 heterocycles. The number of hydrogen-bond donors (Lipinski definition) is 1. The quantitative estimate of drug-likeness (QED) is 0.605. The minimum Gasteiger partial charge on any atom is -0.324 e. The van der Waals surface area contributed by atoms with Crippen LogP contribution in [0.5, 0.6) is 0 Å². The maximum absolute atomic E-state index is 12.9. The number of anilines is 1. The molecule has 3 rings (SSSR count). The summed E-state index contributed by atoms with van der Waals surface area (Å²) in [5.74, 6) is -0.344. The van der Waals surface area contributed by atoms with Crippen molar-refractivity contribution in [2.75, 3.05) is 12.4 Å². The van der Waals surface area contributed by atoms with Crippen LogP contribution in [0.1, 0.15) is 34.0 Å². The van der Waals surface area contributed by atoms with Gasteiger partial charge in [0, 0.05) is 17.7 Å². The zero-order chi connectivity index (χ0) is 21.5. The second-order valence-corrected chi connectivity index (χ2v) is 7.13. The van der Waals surface area contributed by atoms with E-state index in [4.69, 9.17) is 5.26 Å². The summed E-state index contributed by atoms with van der Waals surface area (Å²) in [7, 11) is 1.85. The number of likely N-dealkylation sites (N-methyl/N-ethyl adjacent to an activating group) is 1. The third kappa shape index (κ3) is 4.99. The predicted molar refractivity (Wildman–Crippen MR) is 117 cm³/mol. The lowest BCUT2D eigenvalue weighted by molar-refractivity contribution is -0.120. The van der Waals surface area contributed by atoms with E-state index in [-0.39, 0.29) is 11.7 Å². The molecular weight excluding hydrogens is 374 g/mol. The van der Waals surface area contributed by atoms with Gasteiger partial charge in [-0.2, -0.15) is 5.26 Å². The summed E-state index contributed by atoms with van der Waals surface area (Å²) in [6, 6.07) is 25.0. The Bertz CT molecular complexity index is 1090. The minimum absolute atomic E-state index is 0.138. The Kier molecular flexibility index (Phi) is 6.74. The van der Waals surface area contributed by atoms with Gasteiger partial charge in [-0.1, -0.05) is 54.6 Å². The van der Waals surface area contributed by atoms with E-state index in [0.717, 1.165) is 5.56 Å². The number of ketones is 1. The molecule has 3 aromatic rings. The van der Waals surface area contributed by atoms with Crippen molar-refractivity contribution < 1.29 is 9.59 Å². The summed E-state index contributed by atoms with van der Waals surface area (Å²) in [5.41, 5.74) is 3.06. The van der Waals surface area contributed by atoms with Crippen LogP contribution in [0.15, 0.2) is 78.9 Å². The Balaban J connectivity index is 1.72. The fraction of sp³-hybridized carbons (Fsp3) is 0.160. The standard InChI is InChI=1S/C25H23N3O2/c1-18(28(2)17-20-10-8-9-19(15-20)16-26)25(30)27-23-14-7-6-13-22(23)24(29)21-11-4-3-5-12-21/h3-15,18H,17H2,1-2H3,(H,27,30). The molecule has 0 aliphatic carbocycles. The molecule has 0 saturated heterocycles. The van der Waals surface area contributed by atoms with Crippen molar-refractivity contribution in [3.05, 3.63) is 101 Å². The van der Waals surface area contributed by atoms with Crippen LogP contribution >= 0.6 is 0 Å². The lowest BCUT2D eigenvalue weighted by atomic mass is 10.0.